The zero-order valence-corrected chi connectivity index (χ0v) is 26.4. The second-order valence-corrected chi connectivity index (χ2v) is 9.09. The van der Waals surface area contributed by atoms with Gasteiger partial charge in [-0.2, -0.15) is 0 Å². The van der Waals surface area contributed by atoms with E-state index in [0.29, 0.717) is 124 Å². The van der Waals surface area contributed by atoms with E-state index >= 15 is 0 Å². The Morgan fingerprint density at radius 1 is 0.512 bits per heavy atom. The maximum atomic E-state index is 12.1. The fraction of sp³-hybridized carbons (Fsp3) is 0.774. The summed E-state index contributed by atoms with van der Waals surface area (Å²) in [4.78, 5) is 12.1. The van der Waals surface area contributed by atoms with Crippen molar-refractivity contribution in [2.75, 3.05) is 137 Å². The van der Waals surface area contributed by atoms with Crippen molar-refractivity contribution in [3.05, 3.63) is 29.8 Å². The van der Waals surface area contributed by atoms with Gasteiger partial charge in [0.15, 0.2) is 0 Å². The van der Waals surface area contributed by atoms with Gasteiger partial charge in [0.2, 0.25) is 0 Å². The summed E-state index contributed by atoms with van der Waals surface area (Å²) in [5.74, 6) is -0.358. The fourth-order valence-corrected chi connectivity index (χ4v) is 3.31. The molecule has 250 valence electrons. The van der Waals surface area contributed by atoms with E-state index in [1.165, 1.54) is 0 Å². The highest BCUT2D eigenvalue weighted by molar-refractivity contribution is 5.89. The molecule has 0 bridgehead atoms. The Morgan fingerprint density at radius 2 is 0.860 bits per heavy atom. The molecule has 1 N–H and O–H groups in total. The van der Waals surface area contributed by atoms with E-state index < -0.39 is 0 Å². The predicted molar refractivity (Wildman–Crippen MR) is 163 cm³/mol. The van der Waals surface area contributed by atoms with Gasteiger partial charge in [-0.3, -0.25) is 0 Å². The number of carbonyl (C=O) groups is 1. The molecule has 0 aliphatic carbocycles. The SMILES string of the molecule is CCCCNc1ccc(C(=O)OCCOCCOCCOCCOCCOCCOCCOCCOCCOCC)cc1. The molecule has 0 saturated carbocycles. The second kappa shape index (κ2) is 31.6. The summed E-state index contributed by atoms with van der Waals surface area (Å²) in [6.45, 7) is 14.4. The standard InChI is InChI=1S/C31H55NO11/c1-3-5-10-32-30-8-6-29(7-9-30)31(33)43-28-27-42-26-25-41-24-23-40-22-21-39-20-19-38-18-17-37-16-15-36-14-13-35-12-11-34-4-2/h6-9,32H,3-5,10-28H2,1-2H3. The van der Waals surface area contributed by atoms with Gasteiger partial charge in [0.1, 0.15) is 6.61 Å². The molecule has 0 heterocycles. The minimum atomic E-state index is -0.358. The van der Waals surface area contributed by atoms with Crippen molar-refractivity contribution in [1.29, 1.82) is 0 Å². The third-order valence-electron chi connectivity index (χ3n) is 5.62. The number of anilines is 1. The van der Waals surface area contributed by atoms with Crippen LogP contribution >= 0.6 is 0 Å². The maximum absolute atomic E-state index is 12.1. The lowest BCUT2D eigenvalue weighted by Gasteiger charge is -2.09. The molecule has 0 spiro atoms. The molecule has 1 aromatic rings. The summed E-state index contributed by atoms with van der Waals surface area (Å²) >= 11 is 0. The number of hydrogen-bond acceptors (Lipinski definition) is 12. The Morgan fingerprint density at radius 3 is 1.21 bits per heavy atom. The minimum Gasteiger partial charge on any atom is -0.460 e. The zero-order chi connectivity index (χ0) is 30.9. The largest absolute Gasteiger partial charge is 0.460 e. The van der Waals surface area contributed by atoms with Crippen LogP contribution in [-0.4, -0.2) is 138 Å². The molecule has 0 saturated heterocycles. The highest BCUT2D eigenvalue weighted by atomic mass is 16.6. The number of rotatable bonds is 33. The number of esters is 1. The molecule has 0 amide bonds. The third kappa shape index (κ3) is 26.3. The van der Waals surface area contributed by atoms with Crippen LogP contribution in [0.2, 0.25) is 0 Å². The van der Waals surface area contributed by atoms with Crippen LogP contribution in [0.25, 0.3) is 0 Å². The van der Waals surface area contributed by atoms with Gasteiger partial charge in [-0.05, 0) is 37.6 Å². The van der Waals surface area contributed by atoms with Gasteiger partial charge in [-0.25, -0.2) is 4.79 Å². The Labute approximate surface area is 257 Å². The third-order valence-corrected chi connectivity index (χ3v) is 5.62. The molecule has 0 fully saturated rings. The monoisotopic (exact) mass is 617 g/mol. The van der Waals surface area contributed by atoms with Crippen LogP contribution in [0.5, 0.6) is 0 Å². The first-order valence-corrected chi connectivity index (χ1v) is 15.5. The van der Waals surface area contributed by atoms with E-state index in [1.54, 1.807) is 12.1 Å². The Balaban J connectivity index is 1.73. The summed E-state index contributed by atoms with van der Waals surface area (Å²) in [5.41, 5.74) is 1.52. The van der Waals surface area contributed by atoms with Crippen LogP contribution in [0, 0.1) is 0 Å². The van der Waals surface area contributed by atoms with Crippen LogP contribution in [-0.2, 0) is 47.4 Å². The highest BCUT2D eigenvalue weighted by Crippen LogP contribution is 2.10. The molecule has 0 atom stereocenters. The first kappa shape index (κ1) is 39.2. The summed E-state index contributed by atoms with van der Waals surface area (Å²) in [6.07, 6.45) is 2.25. The number of ether oxygens (including phenoxy) is 10. The van der Waals surface area contributed by atoms with E-state index in [1.807, 2.05) is 19.1 Å². The lowest BCUT2D eigenvalue weighted by molar-refractivity contribution is -0.0257. The molecule has 1 aromatic carbocycles. The smallest absolute Gasteiger partial charge is 0.338 e. The van der Waals surface area contributed by atoms with Crippen molar-refractivity contribution in [2.45, 2.75) is 26.7 Å². The molecule has 12 heteroatoms. The molecule has 0 unspecified atom stereocenters. The Bertz CT molecular complexity index is 724. The molecule has 0 radical (unpaired) electrons. The van der Waals surface area contributed by atoms with Gasteiger partial charge in [-0.1, -0.05) is 13.3 Å². The van der Waals surface area contributed by atoms with Gasteiger partial charge in [0.25, 0.3) is 0 Å². The van der Waals surface area contributed by atoms with Gasteiger partial charge in [-0.15, -0.1) is 0 Å². The number of hydrogen-bond donors (Lipinski definition) is 1. The van der Waals surface area contributed by atoms with Gasteiger partial charge >= 0.3 is 5.97 Å². The number of carbonyl (C=O) groups excluding carboxylic acids is 1. The van der Waals surface area contributed by atoms with Crippen molar-refractivity contribution >= 4 is 11.7 Å². The normalized spacial score (nSPS) is 11.2. The molecule has 0 aliphatic rings. The van der Waals surface area contributed by atoms with Crippen LogP contribution in [0.15, 0.2) is 24.3 Å². The molecule has 12 nitrogen and oxygen atoms in total. The average Bonchev–Trinajstić information content (AvgIpc) is 3.02. The average molecular weight is 618 g/mol. The molecule has 0 aromatic heterocycles. The lowest BCUT2D eigenvalue weighted by atomic mass is 10.2. The fourth-order valence-electron chi connectivity index (χ4n) is 3.31. The molecule has 43 heavy (non-hydrogen) atoms. The van der Waals surface area contributed by atoms with Crippen LogP contribution in [0.1, 0.15) is 37.0 Å². The lowest BCUT2D eigenvalue weighted by Crippen LogP contribution is -2.15. The number of benzene rings is 1. The first-order chi connectivity index (χ1) is 21.3. The predicted octanol–water partition coefficient (Wildman–Crippen LogP) is 3.22. The summed E-state index contributed by atoms with van der Waals surface area (Å²) in [7, 11) is 0. The van der Waals surface area contributed by atoms with Crippen LogP contribution < -0.4 is 5.32 Å². The van der Waals surface area contributed by atoms with E-state index in [0.717, 1.165) is 25.1 Å². The van der Waals surface area contributed by atoms with E-state index in [2.05, 4.69) is 12.2 Å². The Hall–Kier alpha value is -1.87. The van der Waals surface area contributed by atoms with Crippen molar-refractivity contribution in [1.82, 2.24) is 0 Å². The molecule has 0 aliphatic heterocycles. The summed E-state index contributed by atoms with van der Waals surface area (Å²) in [5, 5.41) is 3.32. The zero-order valence-electron chi connectivity index (χ0n) is 26.4. The highest BCUT2D eigenvalue weighted by Gasteiger charge is 2.06. The summed E-state index contributed by atoms with van der Waals surface area (Å²) < 4.78 is 53.9. The van der Waals surface area contributed by atoms with Crippen LogP contribution in [0.3, 0.4) is 0 Å². The van der Waals surface area contributed by atoms with Crippen molar-refractivity contribution < 1.29 is 52.2 Å². The van der Waals surface area contributed by atoms with Crippen molar-refractivity contribution in [3.8, 4) is 0 Å². The van der Waals surface area contributed by atoms with Crippen molar-refractivity contribution in [3.63, 3.8) is 0 Å². The van der Waals surface area contributed by atoms with Crippen LogP contribution in [0.4, 0.5) is 5.69 Å². The second-order valence-electron chi connectivity index (χ2n) is 9.09. The first-order valence-electron chi connectivity index (χ1n) is 15.5. The maximum Gasteiger partial charge on any atom is 0.338 e. The van der Waals surface area contributed by atoms with Gasteiger partial charge in [0.05, 0.1) is 118 Å². The quantitative estimate of drug-likeness (QED) is 0.0921. The minimum absolute atomic E-state index is 0.194. The van der Waals surface area contributed by atoms with E-state index in [9.17, 15) is 4.79 Å². The molecular formula is C31H55NO11. The topological polar surface area (TPSA) is 121 Å². The molecule has 1 rings (SSSR count). The van der Waals surface area contributed by atoms with E-state index in [4.69, 9.17) is 47.4 Å². The van der Waals surface area contributed by atoms with Gasteiger partial charge < -0.3 is 52.7 Å². The molecular weight excluding hydrogens is 562 g/mol. The van der Waals surface area contributed by atoms with Gasteiger partial charge in [0, 0.05) is 18.8 Å². The van der Waals surface area contributed by atoms with E-state index in [-0.39, 0.29) is 12.6 Å². The number of unbranched alkanes of at least 4 members (excludes halogenated alkanes) is 1. The van der Waals surface area contributed by atoms with Crippen molar-refractivity contribution in [2.24, 2.45) is 0 Å². The number of nitrogens with one attached hydrogen (secondary N) is 1. The Kier molecular flexibility index (Phi) is 28.7. The summed E-state index contributed by atoms with van der Waals surface area (Å²) in [6, 6.07) is 7.29.